The van der Waals surface area contributed by atoms with Crippen molar-refractivity contribution in [3.8, 4) is 11.6 Å². The maximum Gasteiger partial charge on any atom is 0.367 e. The minimum absolute atomic E-state index is 0.175. The van der Waals surface area contributed by atoms with E-state index in [4.69, 9.17) is 16.3 Å². The van der Waals surface area contributed by atoms with Crippen LogP contribution in [0.2, 0.25) is 5.02 Å². The maximum absolute atomic E-state index is 10.8. The number of fused-ring (bicyclic) bond motifs is 1. The molecule has 10 heteroatoms. The Morgan fingerprint density at radius 3 is 2.79 bits per heavy atom. The molecule has 1 N–H and O–H groups in total. The van der Waals surface area contributed by atoms with E-state index < -0.39 is 4.92 Å². The van der Waals surface area contributed by atoms with Crippen LogP contribution in [0.3, 0.4) is 0 Å². The lowest BCUT2D eigenvalue weighted by atomic mass is 10.1. The van der Waals surface area contributed by atoms with Crippen LogP contribution in [0.15, 0.2) is 54.2 Å². The molecule has 0 aliphatic heterocycles. The van der Waals surface area contributed by atoms with Gasteiger partial charge in [-0.3, -0.25) is 0 Å². The van der Waals surface area contributed by atoms with Crippen LogP contribution in [-0.4, -0.2) is 26.4 Å². The largest absolute Gasteiger partial charge is 0.420 e. The number of benzene rings is 1. The Hall–Kier alpha value is -3.30. The number of pyridine rings is 1. The molecule has 3 heterocycles. The van der Waals surface area contributed by atoms with Crippen molar-refractivity contribution in [1.82, 2.24) is 15.0 Å². The van der Waals surface area contributed by atoms with Gasteiger partial charge in [-0.05, 0) is 35.1 Å². The first kappa shape index (κ1) is 19.0. The van der Waals surface area contributed by atoms with Crippen molar-refractivity contribution < 1.29 is 9.66 Å². The van der Waals surface area contributed by atoms with Crippen LogP contribution < -0.4 is 10.1 Å². The molecule has 3 aromatic heterocycles. The highest BCUT2D eigenvalue weighted by Crippen LogP contribution is 2.32. The highest BCUT2D eigenvalue weighted by atomic mass is 35.5. The minimum Gasteiger partial charge on any atom is -0.420 e. The number of halogens is 1. The average molecular weight is 428 g/mol. The summed E-state index contributed by atoms with van der Waals surface area (Å²) in [6, 6.07) is 11.9. The second kappa shape index (κ2) is 8.38. The van der Waals surface area contributed by atoms with Crippen LogP contribution in [0.25, 0.3) is 10.2 Å². The van der Waals surface area contributed by atoms with Gasteiger partial charge in [0.15, 0.2) is 0 Å². The van der Waals surface area contributed by atoms with E-state index in [9.17, 15) is 10.1 Å². The second-order valence-corrected chi connectivity index (χ2v) is 7.27. The van der Waals surface area contributed by atoms with E-state index in [-0.39, 0.29) is 11.7 Å². The highest BCUT2D eigenvalue weighted by Gasteiger charge is 2.11. The summed E-state index contributed by atoms with van der Waals surface area (Å²) in [6.07, 6.45) is 2.29. The van der Waals surface area contributed by atoms with Crippen molar-refractivity contribution >= 4 is 44.8 Å². The molecule has 0 aliphatic carbocycles. The summed E-state index contributed by atoms with van der Waals surface area (Å²) in [6.45, 7) is 0.672. The average Bonchev–Trinajstić information content (AvgIpc) is 3.11. The number of anilines is 1. The molecule has 0 saturated carbocycles. The number of hydrogen-bond acceptors (Lipinski definition) is 8. The van der Waals surface area contributed by atoms with E-state index in [0.717, 1.165) is 28.0 Å². The van der Waals surface area contributed by atoms with E-state index in [0.29, 0.717) is 17.3 Å². The van der Waals surface area contributed by atoms with Crippen LogP contribution in [0.1, 0.15) is 5.56 Å². The lowest BCUT2D eigenvalue weighted by Gasteiger charge is -2.08. The van der Waals surface area contributed by atoms with Crippen molar-refractivity contribution in [2.75, 3.05) is 11.9 Å². The molecule has 146 valence electrons. The van der Waals surface area contributed by atoms with E-state index in [2.05, 4.69) is 20.3 Å². The van der Waals surface area contributed by atoms with Crippen molar-refractivity contribution in [2.24, 2.45) is 0 Å². The number of rotatable bonds is 7. The van der Waals surface area contributed by atoms with E-state index in [1.807, 2.05) is 17.5 Å². The topological polar surface area (TPSA) is 103 Å². The van der Waals surface area contributed by atoms with Gasteiger partial charge in [0, 0.05) is 29.0 Å². The highest BCUT2D eigenvalue weighted by molar-refractivity contribution is 7.17. The molecular weight excluding hydrogens is 414 g/mol. The van der Waals surface area contributed by atoms with Gasteiger partial charge >= 0.3 is 11.7 Å². The standard InChI is InChI=1S/C19H14ClN5O3S/c20-14-10-29-19-17(14)18(22-11-23-19)21-9-8-12-4-6-13(7-5-12)28-16-3-1-2-15(24-16)25(26)27/h1-7,10-11H,8-9H2,(H,21,22,23). The van der Waals surface area contributed by atoms with Crippen molar-refractivity contribution in [2.45, 2.75) is 6.42 Å². The van der Waals surface area contributed by atoms with Gasteiger partial charge in [0.25, 0.3) is 0 Å². The molecule has 0 saturated heterocycles. The smallest absolute Gasteiger partial charge is 0.367 e. The molecule has 29 heavy (non-hydrogen) atoms. The number of nitrogens with one attached hydrogen (secondary N) is 1. The van der Waals surface area contributed by atoms with Crippen molar-refractivity contribution in [3.05, 3.63) is 74.9 Å². The number of thiophene rings is 1. The third-order valence-electron chi connectivity index (χ3n) is 4.07. The molecule has 4 rings (SSSR count). The zero-order valence-corrected chi connectivity index (χ0v) is 16.5. The number of ether oxygens (including phenoxy) is 1. The zero-order chi connectivity index (χ0) is 20.2. The summed E-state index contributed by atoms with van der Waals surface area (Å²) >= 11 is 7.70. The first-order chi connectivity index (χ1) is 14.1. The van der Waals surface area contributed by atoms with Crippen LogP contribution >= 0.6 is 22.9 Å². The Balaban J connectivity index is 1.37. The number of nitrogens with zero attached hydrogens (tertiary/aromatic N) is 4. The molecule has 0 aliphatic rings. The Kier molecular flexibility index (Phi) is 5.50. The molecule has 0 amide bonds. The Morgan fingerprint density at radius 1 is 1.17 bits per heavy atom. The van der Waals surface area contributed by atoms with Gasteiger partial charge in [-0.15, -0.1) is 11.3 Å². The summed E-state index contributed by atoms with van der Waals surface area (Å²) in [4.78, 5) is 23.4. The molecule has 8 nitrogen and oxygen atoms in total. The summed E-state index contributed by atoms with van der Waals surface area (Å²) < 4.78 is 5.59. The predicted octanol–water partition coefficient (Wildman–Crippen LogP) is 5.09. The fourth-order valence-corrected chi connectivity index (χ4v) is 3.84. The number of nitro groups is 1. The van der Waals surface area contributed by atoms with Gasteiger partial charge in [-0.1, -0.05) is 23.7 Å². The van der Waals surface area contributed by atoms with E-state index in [1.165, 1.54) is 29.8 Å². The van der Waals surface area contributed by atoms with Gasteiger partial charge in [0.2, 0.25) is 0 Å². The third-order valence-corrected chi connectivity index (χ3v) is 5.39. The van der Waals surface area contributed by atoms with Crippen LogP contribution in [0.5, 0.6) is 11.6 Å². The molecule has 0 fully saturated rings. The Morgan fingerprint density at radius 2 is 2.00 bits per heavy atom. The van der Waals surface area contributed by atoms with Crippen molar-refractivity contribution in [1.29, 1.82) is 0 Å². The monoisotopic (exact) mass is 427 g/mol. The molecule has 1 aromatic carbocycles. The number of aromatic nitrogens is 3. The van der Waals surface area contributed by atoms with Crippen LogP contribution in [0.4, 0.5) is 11.6 Å². The third kappa shape index (κ3) is 4.41. The van der Waals surface area contributed by atoms with E-state index >= 15 is 0 Å². The molecule has 0 unspecified atom stereocenters. The first-order valence-electron chi connectivity index (χ1n) is 8.60. The second-order valence-electron chi connectivity index (χ2n) is 6.00. The summed E-state index contributed by atoms with van der Waals surface area (Å²) in [5.41, 5.74) is 1.10. The fourth-order valence-electron chi connectivity index (χ4n) is 2.71. The minimum atomic E-state index is -0.558. The first-order valence-corrected chi connectivity index (χ1v) is 9.86. The van der Waals surface area contributed by atoms with Gasteiger partial charge in [-0.25, -0.2) is 9.97 Å². The lowest BCUT2D eigenvalue weighted by Crippen LogP contribution is -2.06. The Labute approximate surface area is 174 Å². The van der Waals surface area contributed by atoms with Crippen molar-refractivity contribution in [3.63, 3.8) is 0 Å². The van der Waals surface area contributed by atoms with Crippen LogP contribution in [-0.2, 0) is 6.42 Å². The van der Waals surface area contributed by atoms with Gasteiger partial charge < -0.3 is 20.2 Å². The van der Waals surface area contributed by atoms with Gasteiger partial charge in [0.1, 0.15) is 22.7 Å². The molecule has 4 aromatic rings. The predicted molar refractivity (Wildman–Crippen MR) is 112 cm³/mol. The number of hydrogen-bond donors (Lipinski definition) is 1. The van der Waals surface area contributed by atoms with Gasteiger partial charge in [0.05, 0.1) is 10.4 Å². The normalized spacial score (nSPS) is 10.8. The SMILES string of the molecule is O=[N+]([O-])c1cccc(Oc2ccc(CCNc3ncnc4scc(Cl)c34)cc2)n1. The molecule has 0 spiro atoms. The summed E-state index contributed by atoms with van der Waals surface area (Å²) in [5, 5.41) is 17.4. The lowest BCUT2D eigenvalue weighted by molar-refractivity contribution is -0.389. The van der Waals surface area contributed by atoms with E-state index in [1.54, 1.807) is 18.2 Å². The van der Waals surface area contributed by atoms with Crippen LogP contribution in [0, 0.1) is 10.1 Å². The fraction of sp³-hybridized carbons (Fsp3) is 0.105. The summed E-state index contributed by atoms with van der Waals surface area (Å²) in [5.74, 6) is 1.19. The molecule has 0 radical (unpaired) electrons. The molecular formula is C19H14ClN5O3S. The zero-order valence-electron chi connectivity index (χ0n) is 14.9. The molecule has 0 atom stereocenters. The summed E-state index contributed by atoms with van der Waals surface area (Å²) in [7, 11) is 0. The Bertz CT molecular complexity index is 1170. The quantitative estimate of drug-likeness (QED) is 0.323. The molecule has 0 bridgehead atoms. The van der Waals surface area contributed by atoms with Gasteiger partial charge in [-0.2, -0.15) is 0 Å². The maximum atomic E-state index is 10.8.